The summed E-state index contributed by atoms with van der Waals surface area (Å²) in [6.45, 7) is 1.24. The lowest BCUT2D eigenvalue weighted by Gasteiger charge is -2.21. The third-order valence-corrected chi connectivity index (χ3v) is 5.51. The third kappa shape index (κ3) is 3.51. The van der Waals surface area contributed by atoms with Gasteiger partial charge in [0.15, 0.2) is 10.9 Å². The minimum Gasteiger partial charge on any atom is -0.350 e. The van der Waals surface area contributed by atoms with E-state index in [0.29, 0.717) is 11.7 Å². The Morgan fingerprint density at radius 2 is 1.90 bits per heavy atom. The van der Waals surface area contributed by atoms with Crippen molar-refractivity contribution in [3.63, 3.8) is 0 Å². The maximum absolute atomic E-state index is 13.1. The fraction of sp³-hybridized carbons (Fsp3) is 0.167. The summed E-state index contributed by atoms with van der Waals surface area (Å²) in [5.74, 6) is 0.268. The van der Waals surface area contributed by atoms with Gasteiger partial charge < -0.3 is 10.2 Å². The van der Waals surface area contributed by atoms with Gasteiger partial charge in [-0.2, -0.15) is 5.10 Å². The van der Waals surface area contributed by atoms with Gasteiger partial charge >= 0.3 is 0 Å². The standard InChI is InChI=1S/C18H14F2N8S/c19-10-1-2-12(21-5-10)9-28-4-3-14-15(13-8-24-27-16(13)28)25-18(29-14)26-17-22-6-11(20)7-23-17/h1-2,5-8H,3-4,9H2,(H,24,27)(H,22,23,25,26). The average molecular weight is 412 g/mol. The molecule has 1 aliphatic heterocycles. The number of halogens is 2. The molecule has 0 saturated carbocycles. The van der Waals surface area contributed by atoms with Crippen LogP contribution in [0.3, 0.4) is 0 Å². The van der Waals surface area contributed by atoms with Crippen molar-refractivity contribution in [1.82, 2.24) is 30.1 Å². The van der Waals surface area contributed by atoms with Crippen molar-refractivity contribution in [3.8, 4) is 11.3 Å². The van der Waals surface area contributed by atoms with Crippen LogP contribution < -0.4 is 10.2 Å². The first-order valence-electron chi connectivity index (χ1n) is 8.79. The molecule has 0 atom stereocenters. The minimum absolute atomic E-state index is 0.284. The molecule has 0 unspecified atom stereocenters. The van der Waals surface area contributed by atoms with E-state index in [-0.39, 0.29) is 11.8 Å². The van der Waals surface area contributed by atoms with E-state index in [2.05, 4.69) is 40.3 Å². The first-order valence-corrected chi connectivity index (χ1v) is 9.61. The van der Waals surface area contributed by atoms with Crippen molar-refractivity contribution >= 4 is 28.2 Å². The molecular formula is C18H14F2N8S. The number of aromatic amines is 1. The van der Waals surface area contributed by atoms with Gasteiger partial charge in [0.25, 0.3) is 0 Å². The van der Waals surface area contributed by atoms with Gasteiger partial charge in [0, 0.05) is 17.8 Å². The fourth-order valence-electron chi connectivity index (χ4n) is 3.15. The zero-order valence-corrected chi connectivity index (χ0v) is 15.7. The molecule has 11 heteroatoms. The van der Waals surface area contributed by atoms with Crippen LogP contribution >= 0.6 is 11.3 Å². The summed E-state index contributed by atoms with van der Waals surface area (Å²) in [4.78, 5) is 19.8. The molecule has 0 spiro atoms. The molecule has 1 aliphatic rings. The number of hydrogen-bond donors (Lipinski definition) is 2. The van der Waals surface area contributed by atoms with E-state index >= 15 is 0 Å². The summed E-state index contributed by atoms with van der Waals surface area (Å²) in [6.07, 6.45) is 5.92. The molecule has 8 nitrogen and oxygen atoms in total. The summed E-state index contributed by atoms with van der Waals surface area (Å²) in [5.41, 5.74) is 2.47. The number of anilines is 3. The van der Waals surface area contributed by atoms with Crippen molar-refractivity contribution in [3.05, 3.63) is 59.1 Å². The summed E-state index contributed by atoms with van der Waals surface area (Å²) in [5, 5.41) is 10.9. The van der Waals surface area contributed by atoms with E-state index in [1.54, 1.807) is 12.3 Å². The molecule has 0 bridgehead atoms. The number of thiazole rings is 1. The zero-order chi connectivity index (χ0) is 19.8. The summed E-state index contributed by atoms with van der Waals surface area (Å²) in [6, 6.07) is 3.08. The number of nitrogens with one attached hydrogen (secondary N) is 2. The molecule has 0 amide bonds. The monoisotopic (exact) mass is 412 g/mol. The van der Waals surface area contributed by atoms with Crippen LogP contribution in [0.2, 0.25) is 0 Å². The molecule has 4 aromatic rings. The zero-order valence-electron chi connectivity index (χ0n) is 14.9. The van der Waals surface area contributed by atoms with Crippen LogP contribution in [-0.4, -0.2) is 36.7 Å². The van der Waals surface area contributed by atoms with Crippen LogP contribution in [0, 0.1) is 11.6 Å². The molecule has 5 heterocycles. The van der Waals surface area contributed by atoms with E-state index in [0.717, 1.165) is 53.0 Å². The molecule has 4 aromatic heterocycles. The van der Waals surface area contributed by atoms with Gasteiger partial charge in [-0.1, -0.05) is 0 Å². The van der Waals surface area contributed by atoms with Gasteiger partial charge in [-0.05, 0) is 12.1 Å². The highest BCUT2D eigenvalue weighted by Gasteiger charge is 2.25. The molecule has 0 aliphatic carbocycles. The number of pyridine rings is 1. The maximum atomic E-state index is 13.1. The second-order valence-corrected chi connectivity index (χ2v) is 7.50. The Balaban J connectivity index is 1.42. The molecule has 2 N–H and O–H groups in total. The number of hydrogen-bond acceptors (Lipinski definition) is 8. The number of H-pyrrole nitrogens is 1. The van der Waals surface area contributed by atoms with Crippen molar-refractivity contribution < 1.29 is 8.78 Å². The number of rotatable bonds is 4. The van der Waals surface area contributed by atoms with Gasteiger partial charge in [-0.15, -0.1) is 11.3 Å². The van der Waals surface area contributed by atoms with Crippen LogP contribution in [0.25, 0.3) is 11.3 Å². The normalized spacial score (nSPS) is 13.0. The van der Waals surface area contributed by atoms with Crippen LogP contribution in [-0.2, 0) is 13.0 Å². The van der Waals surface area contributed by atoms with Gasteiger partial charge in [0.1, 0.15) is 11.6 Å². The van der Waals surface area contributed by atoms with E-state index in [9.17, 15) is 8.78 Å². The number of aromatic nitrogens is 6. The summed E-state index contributed by atoms with van der Waals surface area (Å²) >= 11 is 1.50. The van der Waals surface area contributed by atoms with E-state index in [1.807, 2.05) is 0 Å². The Kier molecular flexibility index (Phi) is 4.35. The lowest BCUT2D eigenvalue weighted by molar-refractivity contribution is 0.614. The fourth-order valence-corrected chi connectivity index (χ4v) is 4.11. The first-order chi connectivity index (χ1) is 14.2. The van der Waals surface area contributed by atoms with E-state index < -0.39 is 5.82 Å². The van der Waals surface area contributed by atoms with Gasteiger partial charge in [-0.25, -0.2) is 23.7 Å². The van der Waals surface area contributed by atoms with Crippen molar-refractivity contribution in [1.29, 1.82) is 0 Å². The first kappa shape index (κ1) is 17.6. The molecule has 29 heavy (non-hydrogen) atoms. The smallest absolute Gasteiger partial charge is 0.229 e. The number of fused-ring (bicyclic) bond motifs is 3. The second kappa shape index (κ2) is 7.17. The van der Waals surface area contributed by atoms with Crippen molar-refractivity contribution in [2.75, 3.05) is 16.8 Å². The molecule has 0 radical (unpaired) electrons. The second-order valence-electron chi connectivity index (χ2n) is 6.41. The topological polar surface area (TPSA) is 95.5 Å². The van der Waals surface area contributed by atoms with Crippen LogP contribution in [0.1, 0.15) is 10.6 Å². The summed E-state index contributed by atoms with van der Waals surface area (Å²) < 4.78 is 26.1. The van der Waals surface area contributed by atoms with Crippen molar-refractivity contribution in [2.24, 2.45) is 0 Å². The Bertz CT molecular complexity index is 1140. The molecule has 5 rings (SSSR count). The molecule has 0 fully saturated rings. The molecule has 0 saturated heterocycles. The quantitative estimate of drug-likeness (QED) is 0.531. The lowest BCUT2D eigenvalue weighted by Crippen LogP contribution is -2.25. The SMILES string of the molecule is Fc1ccc(CN2CCc3sc(Nc4ncc(F)cn4)nc3-c3cn[nH]c32)nc1. The number of nitrogens with zero attached hydrogens (tertiary/aromatic N) is 6. The Hall–Kier alpha value is -3.47. The predicted octanol–water partition coefficient (Wildman–Crippen LogP) is 3.30. The maximum Gasteiger partial charge on any atom is 0.229 e. The average Bonchev–Trinajstić information content (AvgIpc) is 3.33. The largest absolute Gasteiger partial charge is 0.350 e. The van der Waals surface area contributed by atoms with E-state index in [1.165, 1.54) is 23.6 Å². The highest BCUT2D eigenvalue weighted by molar-refractivity contribution is 7.16. The predicted molar refractivity (Wildman–Crippen MR) is 104 cm³/mol. The molecule has 146 valence electrons. The third-order valence-electron chi connectivity index (χ3n) is 4.48. The Morgan fingerprint density at radius 3 is 2.69 bits per heavy atom. The van der Waals surface area contributed by atoms with Crippen molar-refractivity contribution in [2.45, 2.75) is 13.0 Å². The minimum atomic E-state index is -0.496. The Morgan fingerprint density at radius 1 is 1.07 bits per heavy atom. The van der Waals surface area contributed by atoms with E-state index in [4.69, 9.17) is 0 Å². The molecule has 0 aromatic carbocycles. The molecular weight excluding hydrogens is 398 g/mol. The van der Waals surface area contributed by atoms with Crippen LogP contribution in [0.5, 0.6) is 0 Å². The van der Waals surface area contributed by atoms with Gasteiger partial charge in [0.05, 0.1) is 48.3 Å². The van der Waals surface area contributed by atoms with Crippen LogP contribution in [0.4, 0.5) is 25.7 Å². The lowest BCUT2D eigenvalue weighted by atomic mass is 10.2. The highest BCUT2D eigenvalue weighted by Crippen LogP contribution is 2.39. The Labute approximate surface area is 167 Å². The van der Waals surface area contributed by atoms with Crippen LogP contribution in [0.15, 0.2) is 36.9 Å². The van der Waals surface area contributed by atoms with Gasteiger partial charge in [-0.3, -0.25) is 10.1 Å². The summed E-state index contributed by atoms with van der Waals surface area (Å²) in [7, 11) is 0. The van der Waals surface area contributed by atoms with Gasteiger partial charge in [0.2, 0.25) is 5.95 Å². The highest BCUT2D eigenvalue weighted by atomic mass is 32.1.